The van der Waals surface area contributed by atoms with E-state index in [4.69, 9.17) is 4.74 Å². The molecular weight excluding hydrogens is 272 g/mol. The van der Waals surface area contributed by atoms with Gasteiger partial charge in [-0.3, -0.25) is 0 Å². The quantitative estimate of drug-likeness (QED) is 0.427. The third kappa shape index (κ3) is 4.88. The van der Waals surface area contributed by atoms with Crippen LogP contribution in [0.25, 0.3) is 6.08 Å². The van der Waals surface area contributed by atoms with Crippen LogP contribution in [0.2, 0.25) is 19.6 Å². The molecule has 21 heavy (non-hydrogen) atoms. The van der Waals surface area contributed by atoms with E-state index in [1.165, 1.54) is 18.4 Å². The Balaban J connectivity index is 2.07. The monoisotopic (exact) mass is 298 g/mol. The molecule has 1 aliphatic heterocycles. The van der Waals surface area contributed by atoms with Crippen molar-refractivity contribution in [2.45, 2.75) is 57.5 Å². The average molecular weight is 299 g/mol. The summed E-state index contributed by atoms with van der Waals surface area (Å²) in [7, 11) is -1.35. The van der Waals surface area contributed by atoms with Crippen LogP contribution in [-0.4, -0.2) is 19.8 Å². The maximum atomic E-state index is 5.99. The number of hydrogen-bond acceptors (Lipinski definition) is 1. The zero-order chi connectivity index (χ0) is 15.3. The Morgan fingerprint density at radius 3 is 2.57 bits per heavy atom. The lowest BCUT2D eigenvalue weighted by Crippen LogP contribution is -2.19. The van der Waals surface area contributed by atoms with Crippen LogP contribution in [0.1, 0.15) is 31.7 Å². The molecule has 0 aromatic heterocycles. The van der Waals surface area contributed by atoms with E-state index in [9.17, 15) is 0 Å². The minimum Gasteiger partial charge on any atom is -0.348 e. The Hall–Kier alpha value is -1.30. The van der Waals surface area contributed by atoms with Crippen LogP contribution < -0.4 is 0 Å². The molecular formula is C19H26OSi. The lowest BCUT2D eigenvalue weighted by Gasteiger charge is -2.07. The van der Waals surface area contributed by atoms with Gasteiger partial charge in [0.2, 0.25) is 0 Å². The van der Waals surface area contributed by atoms with E-state index in [2.05, 4.69) is 74.4 Å². The minimum absolute atomic E-state index is 0.160. The lowest BCUT2D eigenvalue weighted by atomic mass is 9.98. The van der Waals surface area contributed by atoms with Crippen molar-refractivity contribution in [1.82, 2.24) is 0 Å². The predicted octanol–water partition coefficient (Wildman–Crippen LogP) is 4.91. The summed E-state index contributed by atoms with van der Waals surface area (Å²) in [5.41, 5.74) is 4.50. The fourth-order valence-corrected chi connectivity index (χ4v) is 2.83. The highest BCUT2D eigenvalue weighted by Crippen LogP contribution is 2.42. The van der Waals surface area contributed by atoms with E-state index in [0.717, 1.165) is 6.42 Å². The standard InChI is InChI=1S/C19H26OSi/c1-5-6-14-19(15-16-21(2,3)4)18(20-19)13-12-17-10-8-7-9-11-17/h7-13,18H,5-6,14H2,1-4H3/b13-12+/t18-,19+/m0/s1. The van der Waals surface area contributed by atoms with Gasteiger partial charge < -0.3 is 4.74 Å². The first-order valence-corrected chi connectivity index (χ1v) is 11.4. The molecule has 2 atom stereocenters. The molecule has 1 heterocycles. The topological polar surface area (TPSA) is 12.5 Å². The highest BCUT2D eigenvalue weighted by Gasteiger charge is 2.53. The Labute approximate surface area is 130 Å². The Bertz CT molecular complexity index is 544. The second kappa shape index (κ2) is 6.64. The molecule has 0 spiro atoms. The Morgan fingerprint density at radius 2 is 1.95 bits per heavy atom. The van der Waals surface area contributed by atoms with Gasteiger partial charge >= 0.3 is 0 Å². The van der Waals surface area contributed by atoms with Gasteiger partial charge in [-0.05, 0) is 18.4 Å². The summed E-state index contributed by atoms with van der Waals surface area (Å²) >= 11 is 0. The molecule has 0 amide bonds. The van der Waals surface area contributed by atoms with Crippen molar-refractivity contribution in [3.8, 4) is 11.5 Å². The van der Waals surface area contributed by atoms with Crippen LogP contribution in [0, 0.1) is 11.5 Å². The SMILES string of the molecule is CCCC[C@]1(C#C[Si](C)(C)C)O[C@H]1/C=C/c1ccccc1. The zero-order valence-corrected chi connectivity index (χ0v) is 14.6. The van der Waals surface area contributed by atoms with Gasteiger partial charge in [0.15, 0.2) is 5.60 Å². The van der Waals surface area contributed by atoms with Gasteiger partial charge in [0, 0.05) is 0 Å². The van der Waals surface area contributed by atoms with Crippen LogP contribution in [0.3, 0.4) is 0 Å². The molecule has 0 bridgehead atoms. The third-order valence-corrected chi connectivity index (χ3v) is 4.43. The summed E-state index contributed by atoms with van der Waals surface area (Å²) in [6, 6.07) is 10.4. The van der Waals surface area contributed by atoms with Crippen molar-refractivity contribution in [1.29, 1.82) is 0 Å². The summed E-state index contributed by atoms with van der Waals surface area (Å²) in [6.07, 6.45) is 7.89. The van der Waals surface area contributed by atoms with Crippen LogP contribution in [-0.2, 0) is 4.74 Å². The molecule has 1 fully saturated rings. The summed E-state index contributed by atoms with van der Waals surface area (Å²) < 4.78 is 5.99. The first-order chi connectivity index (χ1) is 9.95. The average Bonchev–Trinajstić information content (AvgIpc) is 3.15. The first kappa shape index (κ1) is 16.1. The van der Waals surface area contributed by atoms with Crippen molar-refractivity contribution < 1.29 is 4.74 Å². The molecule has 1 aromatic rings. The Kier molecular flexibility index (Phi) is 5.08. The minimum atomic E-state index is -1.35. The van der Waals surface area contributed by atoms with E-state index < -0.39 is 8.07 Å². The molecule has 0 radical (unpaired) electrons. The van der Waals surface area contributed by atoms with Crippen LogP contribution in [0.4, 0.5) is 0 Å². The van der Waals surface area contributed by atoms with Gasteiger partial charge in [0.05, 0.1) is 0 Å². The number of hydrogen-bond donors (Lipinski definition) is 0. The number of epoxide rings is 1. The summed E-state index contributed by atoms with van der Waals surface area (Å²) in [5.74, 6) is 3.47. The second-order valence-electron chi connectivity index (χ2n) is 6.80. The van der Waals surface area contributed by atoms with E-state index in [0.29, 0.717) is 0 Å². The van der Waals surface area contributed by atoms with E-state index in [1.54, 1.807) is 0 Å². The van der Waals surface area contributed by atoms with E-state index >= 15 is 0 Å². The number of rotatable bonds is 5. The molecule has 1 aromatic carbocycles. The van der Waals surface area contributed by atoms with Crippen LogP contribution in [0.5, 0.6) is 0 Å². The third-order valence-electron chi connectivity index (χ3n) is 3.55. The van der Waals surface area contributed by atoms with E-state index in [1.807, 2.05) is 6.07 Å². The molecule has 2 heteroatoms. The highest BCUT2D eigenvalue weighted by molar-refractivity contribution is 6.83. The largest absolute Gasteiger partial charge is 0.348 e. The van der Waals surface area contributed by atoms with E-state index in [-0.39, 0.29) is 11.7 Å². The first-order valence-electron chi connectivity index (χ1n) is 7.91. The van der Waals surface area contributed by atoms with Crippen molar-refractivity contribution in [2.75, 3.05) is 0 Å². The molecule has 0 saturated carbocycles. The number of ether oxygens (including phenoxy) is 1. The zero-order valence-electron chi connectivity index (χ0n) is 13.6. The normalized spacial score (nSPS) is 24.7. The van der Waals surface area contributed by atoms with Crippen molar-refractivity contribution in [3.05, 3.63) is 42.0 Å². The van der Waals surface area contributed by atoms with Crippen molar-refractivity contribution >= 4 is 14.1 Å². The molecule has 1 nitrogen and oxygen atoms in total. The van der Waals surface area contributed by atoms with Gasteiger partial charge in [-0.2, -0.15) is 0 Å². The van der Waals surface area contributed by atoms with Gasteiger partial charge in [-0.15, -0.1) is 5.54 Å². The molecule has 0 unspecified atom stereocenters. The van der Waals surface area contributed by atoms with Crippen molar-refractivity contribution in [3.63, 3.8) is 0 Å². The molecule has 0 aliphatic carbocycles. The summed E-state index contributed by atoms with van der Waals surface area (Å²) in [6.45, 7) is 9.07. The Morgan fingerprint density at radius 1 is 1.24 bits per heavy atom. The fourth-order valence-electron chi connectivity index (χ4n) is 2.25. The van der Waals surface area contributed by atoms with Gasteiger partial charge in [0.25, 0.3) is 0 Å². The maximum Gasteiger partial charge on any atom is 0.158 e. The number of benzene rings is 1. The lowest BCUT2D eigenvalue weighted by molar-refractivity contribution is 0.330. The predicted molar refractivity (Wildman–Crippen MR) is 93.7 cm³/mol. The molecule has 1 saturated heterocycles. The van der Waals surface area contributed by atoms with Crippen LogP contribution >= 0.6 is 0 Å². The smallest absolute Gasteiger partial charge is 0.158 e. The maximum absolute atomic E-state index is 5.99. The highest BCUT2D eigenvalue weighted by atomic mass is 28.3. The number of unbranched alkanes of at least 4 members (excludes halogenated alkanes) is 1. The molecule has 1 aliphatic rings. The van der Waals surface area contributed by atoms with Gasteiger partial charge in [0.1, 0.15) is 14.2 Å². The molecule has 0 N–H and O–H groups in total. The van der Waals surface area contributed by atoms with Crippen molar-refractivity contribution in [2.24, 2.45) is 0 Å². The van der Waals surface area contributed by atoms with Crippen LogP contribution in [0.15, 0.2) is 36.4 Å². The molecule has 112 valence electrons. The second-order valence-corrected chi connectivity index (χ2v) is 11.6. The van der Waals surface area contributed by atoms with Gasteiger partial charge in [-0.25, -0.2) is 0 Å². The molecule has 2 rings (SSSR count). The van der Waals surface area contributed by atoms with Gasteiger partial charge in [-0.1, -0.05) is 81.4 Å². The summed E-state index contributed by atoms with van der Waals surface area (Å²) in [5, 5.41) is 0. The summed E-state index contributed by atoms with van der Waals surface area (Å²) in [4.78, 5) is 0. The fraction of sp³-hybridized carbons (Fsp3) is 0.474.